The van der Waals surface area contributed by atoms with Gasteiger partial charge in [0.25, 0.3) is 0 Å². The lowest BCUT2D eigenvalue weighted by Gasteiger charge is -2.19. The number of halogens is 1. The Bertz CT molecular complexity index is 394. The molecule has 0 aromatic heterocycles. The Balaban J connectivity index is 2.34. The zero-order valence-electron chi connectivity index (χ0n) is 8.77. The minimum absolute atomic E-state index is 0.0794. The van der Waals surface area contributed by atoms with Crippen molar-refractivity contribution in [3.63, 3.8) is 0 Å². The molecule has 2 rings (SSSR count). The Kier molecular flexibility index (Phi) is 2.69. The summed E-state index contributed by atoms with van der Waals surface area (Å²) in [7, 11) is 3.67. The number of benzene rings is 1. The topological polar surface area (TPSA) is 23.6 Å². The summed E-state index contributed by atoms with van der Waals surface area (Å²) in [6.07, 6.45) is 0. The van der Waals surface area contributed by atoms with Crippen LogP contribution < -0.4 is 0 Å². The van der Waals surface area contributed by atoms with Gasteiger partial charge in [0, 0.05) is 25.1 Å². The first-order valence-electron chi connectivity index (χ1n) is 4.83. The van der Waals surface area contributed by atoms with Crippen LogP contribution in [0.15, 0.2) is 28.7 Å². The molecule has 15 heavy (non-hydrogen) atoms. The number of hydrogen-bond acceptors (Lipinski definition) is 1. The van der Waals surface area contributed by atoms with Gasteiger partial charge in [-0.3, -0.25) is 0 Å². The molecule has 3 nitrogen and oxygen atoms in total. The quantitative estimate of drug-likeness (QED) is 0.768. The highest BCUT2D eigenvalue weighted by molar-refractivity contribution is 9.10. The first-order valence-corrected chi connectivity index (χ1v) is 5.63. The van der Waals surface area contributed by atoms with E-state index >= 15 is 0 Å². The summed E-state index contributed by atoms with van der Waals surface area (Å²) in [5, 5.41) is 0. The highest BCUT2D eigenvalue weighted by atomic mass is 79.9. The van der Waals surface area contributed by atoms with Gasteiger partial charge in [0.1, 0.15) is 0 Å². The van der Waals surface area contributed by atoms with E-state index in [0.717, 1.165) is 16.6 Å². The molecule has 2 amide bonds. The summed E-state index contributed by atoms with van der Waals surface area (Å²) in [5.41, 5.74) is 1.16. The first-order chi connectivity index (χ1) is 7.11. The van der Waals surface area contributed by atoms with Crippen molar-refractivity contribution < 1.29 is 4.79 Å². The molecule has 1 aromatic carbocycles. The minimum Gasteiger partial charge on any atom is -0.325 e. The molecule has 0 N–H and O–H groups in total. The number of carbonyl (C=O) groups is 1. The normalized spacial score (nSPS) is 21.3. The lowest BCUT2D eigenvalue weighted by molar-refractivity contribution is 0.201. The van der Waals surface area contributed by atoms with Crippen LogP contribution in [0.25, 0.3) is 0 Å². The van der Waals surface area contributed by atoms with Crippen LogP contribution in [0.3, 0.4) is 0 Å². The minimum atomic E-state index is 0.0794. The van der Waals surface area contributed by atoms with E-state index in [2.05, 4.69) is 22.0 Å². The van der Waals surface area contributed by atoms with Crippen LogP contribution in [0.5, 0.6) is 0 Å². The van der Waals surface area contributed by atoms with Crippen molar-refractivity contribution in [3.8, 4) is 0 Å². The number of nitrogens with zero attached hydrogens (tertiary/aromatic N) is 2. The molecule has 1 atom stereocenters. The van der Waals surface area contributed by atoms with Crippen LogP contribution in [0.4, 0.5) is 4.79 Å². The monoisotopic (exact) mass is 268 g/mol. The number of urea groups is 1. The predicted molar refractivity (Wildman–Crippen MR) is 62.7 cm³/mol. The van der Waals surface area contributed by atoms with Gasteiger partial charge in [-0.2, -0.15) is 0 Å². The van der Waals surface area contributed by atoms with E-state index in [0.29, 0.717) is 0 Å². The van der Waals surface area contributed by atoms with Crippen molar-refractivity contribution >= 4 is 22.0 Å². The van der Waals surface area contributed by atoms with Crippen LogP contribution in [0.1, 0.15) is 11.6 Å². The van der Waals surface area contributed by atoms with Crippen LogP contribution in [-0.2, 0) is 0 Å². The van der Waals surface area contributed by atoms with Crippen molar-refractivity contribution in [2.45, 2.75) is 6.04 Å². The van der Waals surface area contributed by atoms with E-state index in [9.17, 15) is 4.79 Å². The van der Waals surface area contributed by atoms with E-state index < -0.39 is 0 Å². The lowest BCUT2D eigenvalue weighted by atomic mass is 10.1. The molecule has 0 radical (unpaired) electrons. The highest BCUT2D eigenvalue weighted by Crippen LogP contribution is 2.31. The van der Waals surface area contributed by atoms with Crippen LogP contribution in [0, 0.1) is 0 Å². The standard InChI is InChI=1S/C11H13BrN2O/c1-13-7-10(14(2)11(13)15)8-5-3-4-6-9(8)12/h3-6,10H,7H2,1-2H3. The molecule has 1 heterocycles. The Morgan fingerprint density at radius 1 is 1.33 bits per heavy atom. The molecule has 1 aliphatic rings. The number of carbonyl (C=O) groups excluding carboxylic acids is 1. The molecule has 1 fully saturated rings. The predicted octanol–water partition coefficient (Wildman–Crippen LogP) is 2.49. The molecule has 0 aliphatic carbocycles. The van der Waals surface area contributed by atoms with Crippen LogP contribution in [0.2, 0.25) is 0 Å². The smallest absolute Gasteiger partial charge is 0.320 e. The number of rotatable bonds is 1. The maximum atomic E-state index is 11.6. The Morgan fingerprint density at radius 2 is 2.00 bits per heavy atom. The molecule has 4 heteroatoms. The van der Waals surface area contributed by atoms with Gasteiger partial charge in [0.15, 0.2) is 0 Å². The molecule has 1 aliphatic heterocycles. The maximum absolute atomic E-state index is 11.6. The summed E-state index contributed by atoms with van der Waals surface area (Å²) in [6.45, 7) is 0.748. The molecule has 1 saturated heterocycles. The molecule has 0 spiro atoms. The Morgan fingerprint density at radius 3 is 2.53 bits per heavy atom. The fraction of sp³-hybridized carbons (Fsp3) is 0.364. The lowest BCUT2D eigenvalue weighted by Crippen LogP contribution is -2.26. The molecule has 80 valence electrons. The fourth-order valence-electron chi connectivity index (χ4n) is 1.91. The van der Waals surface area contributed by atoms with Crippen LogP contribution >= 0.6 is 15.9 Å². The summed E-state index contributed by atoms with van der Waals surface area (Å²) in [4.78, 5) is 15.2. The zero-order valence-corrected chi connectivity index (χ0v) is 10.4. The van der Waals surface area contributed by atoms with E-state index in [1.807, 2.05) is 32.3 Å². The van der Waals surface area contributed by atoms with Gasteiger partial charge in [-0.1, -0.05) is 34.1 Å². The van der Waals surface area contributed by atoms with E-state index in [1.54, 1.807) is 9.80 Å². The van der Waals surface area contributed by atoms with E-state index in [1.165, 1.54) is 0 Å². The van der Waals surface area contributed by atoms with Gasteiger partial charge < -0.3 is 9.80 Å². The molecule has 1 aromatic rings. The van der Waals surface area contributed by atoms with Crippen molar-refractivity contribution in [2.75, 3.05) is 20.6 Å². The average molecular weight is 269 g/mol. The second-order valence-corrected chi connectivity index (χ2v) is 4.67. The summed E-state index contributed by atoms with van der Waals surface area (Å²) in [6, 6.07) is 8.27. The average Bonchev–Trinajstić information content (AvgIpc) is 2.47. The van der Waals surface area contributed by atoms with Gasteiger partial charge in [-0.25, -0.2) is 4.79 Å². The fourth-order valence-corrected chi connectivity index (χ4v) is 2.46. The summed E-state index contributed by atoms with van der Waals surface area (Å²) in [5.74, 6) is 0. The molecule has 0 saturated carbocycles. The third kappa shape index (κ3) is 1.74. The second-order valence-electron chi connectivity index (χ2n) is 3.81. The van der Waals surface area contributed by atoms with Crippen LogP contribution in [-0.4, -0.2) is 36.5 Å². The van der Waals surface area contributed by atoms with Crippen molar-refractivity contribution in [1.29, 1.82) is 0 Å². The van der Waals surface area contributed by atoms with Crippen molar-refractivity contribution in [3.05, 3.63) is 34.3 Å². The summed E-state index contributed by atoms with van der Waals surface area (Å²) >= 11 is 3.52. The third-order valence-corrected chi connectivity index (χ3v) is 3.53. The van der Waals surface area contributed by atoms with Gasteiger partial charge in [-0.15, -0.1) is 0 Å². The van der Waals surface area contributed by atoms with E-state index in [4.69, 9.17) is 0 Å². The van der Waals surface area contributed by atoms with Gasteiger partial charge in [0.2, 0.25) is 0 Å². The molecule has 1 unspecified atom stereocenters. The first kappa shape index (κ1) is 10.5. The Hall–Kier alpha value is -1.03. The SMILES string of the molecule is CN1CC(c2ccccc2Br)N(C)C1=O. The van der Waals surface area contributed by atoms with E-state index in [-0.39, 0.29) is 12.1 Å². The van der Waals surface area contributed by atoms with Gasteiger partial charge in [-0.05, 0) is 11.6 Å². The molecular weight excluding hydrogens is 256 g/mol. The molecular formula is C11H13BrN2O. The van der Waals surface area contributed by atoms with Crippen molar-refractivity contribution in [2.24, 2.45) is 0 Å². The highest BCUT2D eigenvalue weighted by Gasteiger charge is 2.33. The largest absolute Gasteiger partial charge is 0.325 e. The van der Waals surface area contributed by atoms with Gasteiger partial charge >= 0.3 is 6.03 Å². The third-order valence-electron chi connectivity index (χ3n) is 2.81. The van der Waals surface area contributed by atoms with Crippen molar-refractivity contribution in [1.82, 2.24) is 9.80 Å². The maximum Gasteiger partial charge on any atom is 0.320 e. The molecule has 0 bridgehead atoms. The Labute approximate surface area is 97.8 Å². The summed E-state index contributed by atoms with van der Waals surface area (Å²) < 4.78 is 1.06. The number of amides is 2. The van der Waals surface area contributed by atoms with Gasteiger partial charge in [0.05, 0.1) is 6.04 Å². The number of hydrogen-bond donors (Lipinski definition) is 0. The second kappa shape index (κ2) is 3.85. The zero-order chi connectivity index (χ0) is 11.0. The number of likely N-dealkylation sites (N-methyl/N-ethyl adjacent to an activating group) is 2.